The molecule has 0 aliphatic carbocycles. The highest BCUT2D eigenvalue weighted by atomic mass is 35.5. The van der Waals surface area contributed by atoms with Crippen LogP contribution in [0, 0.1) is 6.92 Å². The number of benzene rings is 1. The number of halogens is 2. The summed E-state index contributed by atoms with van der Waals surface area (Å²) in [6, 6.07) is 5.15. The highest BCUT2D eigenvalue weighted by Crippen LogP contribution is 2.25. The van der Waals surface area contributed by atoms with Gasteiger partial charge in [0.25, 0.3) is 10.0 Å². The van der Waals surface area contributed by atoms with E-state index in [9.17, 15) is 18.3 Å². The normalized spacial score (nSPS) is 12.2. The lowest BCUT2D eigenvalue weighted by Crippen LogP contribution is -2.22. The van der Waals surface area contributed by atoms with Crippen molar-refractivity contribution >= 4 is 38.9 Å². The zero-order valence-electron chi connectivity index (χ0n) is 12.5. The van der Waals surface area contributed by atoms with Crippen molar-refractivity contribution < 1.29 is 17.9 Å². The smallest absolute Gasteiger partial charge is 0.348 e. The maximum absolute atomic E-state index is 12.2. The van der Waals surface area contributed by atoms with Crippen molar-refractivity contribution in [3.05, 3.63) is 56.1 Å². The van der Waals surface area contributed by atoms with E-state index < -0.39 is 15.6 Å². The number of aromatic hydroxyl groups is 1. The van der Waals surface area contributed by atoms with Gasteiger partial charge in [-0.15, -0.1) is 0 Å². The molecule has 2 aromatic rings. The monoisotopic (exact) mass is 390 g/mol. The minimum atomic E-state index is -4.12. The number of hydrazone groups is 1. The highest BCUT2D eigenvalue weighted by molar-refractivity contribution is 7.89. The van der Waals surface area contributed by atoms with E-state index in [1.54, 1.807) is 0 Å². The van der Waals surface area contributed by atoms with Crippen LogP contribution in [0.4, 0.5) is 0 Å². The quantitative estimate of drug-likeness (QED) is 0.615. The molecule has 0 aliphatic heterocycles. The fourth-order valence-electron chi connectivity index (χ4n) is 1.85. The van der Waals surface area contributed by atoms with E-state index in [1.807, 2.05) is 4.83 Å². The summed E-state index contributed by atoms with van der Waals surface area (Å²) in [6.45, 7) is 2.82. The molecule has 0 saturated carbocycles. The average molecular weight is 391 g/mol. The molecule has 1 heterocycles. The lowest BCUT2D eigenvalue weighted by Gasteiger charge is -2.08. The molecule has 128 valence electrons. The predicted molar refractivity (Wildman–Crippen MR) is 90.4 cm³/mol. The molecule has 0 unspecified atom stereocenters. The first-order valence-corrected chi connectivity index (χ1v) is 8.71. The van der Waals surface area contributed by atoms with Crippen LogP contribution in [0.2, 0.25) is 10.0 Å². The molecule has 0 atom stereocenters. The van der Waals surface area contributed by atoms with Gasteiger partial charge in [0.1, 0.15) is 22.0 Å². The second-order valence-electron chi connectivity index (χ2n) is 4.77. The molecule has 2 rings (SSSR count). The Hall–Kier alpha value is -2.03. The van der Waals surface area contributed by atoms with Gasteiger partial charge < -0.3 is 9.52 Å². The molecule has 0 bridgehead atoms. The average Bonchev–Trinajstić information content (AvgIpc) is 2.46. The standard InChI is InChI=1S/C14H12Cl2N2O5S/c1-7-5-11(19)13(14(20)23-7)8(2)17-18-24(21,22)12-6-9(15)3-4-10(12)16/h3-6,18-19H,1-2H3. The second kappa shape index (κ2) is 6.84. The van der Waals surface area contributed by atoms with Crippen molar-refractivity contribution in [2.75, 3.05) is 0 Å². The molecule has 10 heteroatoms. The van der Waals surface area contributed by atoms with E-state index in [0.29, 0.717) is 0 Å². The van der Waals surface area contributed by atoms with Crippen LogP contribution in [0.25, 0.3) is 0 Å². The van der Waals surface area contributed by atoms with E-state index in [4.69, 9.17) is 27.6 Å². The molecule has 7 nitrogen and oxygen atoms in total. The van der Waals surface area contributed by atoms with Crippen molar-refractivity contribution in [2.24, 2.45) is 5.10 Å². The Morgan fingerprint density at radius 3 is 2.58 bits per heavy atom. The molecule has 2 N–H and O–H groups in total. The molecule has 0 spiro atoms. The van der Waals surface area contributed by atoms with Crippen molar-refractivity contribution in [3.63, 3.8) is 0 Å². The predicted octanol–water partition coefficient (Wildman–Crippen LogP) is 2.66. The largest absolute Gasteiger partial charge is 0.507 e. The number of aryl methyl sites for hydroxylation is 1. The summed E-state index contributed by atoms with van der Waals surface area (Å²) in [5, 5.41) is 13.6. The summed E-state index contributed by atoms with van der Waals surface area (Å²) >= 11 is 11.6. The van der Waals surface area contributed by atoms with Crippen LogP contribution < -0.4 is 10.5 Å². The number of sulfonamides is 1. The lowest BCUT2D eigenvalue weighted by atomic mass is 10.2. The summed E-state index contributed by atoms with van der Waals surface area (Å²) in [5.74, 6) is -0.162. The molecule has 0 amide bonds. The first-order chi connectivity index (χ1) is 11.1. The molecule has 0 saturated heterocycles. The molecule has 0 radical (unpaired) electrons. The maximum atomic E-state index is 12.2. The third kappa shape index (κ3) is 3.89. The summed E-state index contributed by atoms with van der Waals surface area (Å²) in [6.07, 6.45) is 0. The molecule has 24 heavy (non-hydrogen) atoms. The van der Waals surface area contributed by atoms with Crippen LogP contribution in [0.1, 0.15) is 18.2 Å². The van der Waals surface area contributed by atoms with Crippen LogP contribution in [0.5, 0.6) is 5.75 Å². The fraction of sp³-hybridized carbons (Fsp3) is 0.143. The van der Waals surface area contributed by atoms with Gasteiger partial charge in [0.2, 0.25) is 0 Å². The van der Waals surface area contributed by atoms with Crippen LogP contribution in [-0.2, 0) is 10.0 Å². The molecule has 1 aromatic heterocycles. The van der Waals surface area contributed by atoms with Gasteiger partial charge in [0, 0.05) is 11.1 Å². The Morgan fingerprint density at radius 2 is 1.96 bits per heavy atom. The van der Waals surface area contributed by atoms with Gasteiger partial charge in [0.15, 0.2) is 0 Å². The van der Waals surface area contributed by atoms with E-state index >= 15 is 0 Å². The first kappa shape index (κ1) is 18.3. The topological polar surface area (TPSA) is 109 Å². The number of hydrogen-bond donors (Lipinski definition) is 2. The van der Waals surface area contributed by atoms with Crippen LogP contribution in [0.15, 0.2) is 43.5 Å². The van der Waals surface area contributed by atoms with Crippen molar-refractivity contribution in [2.45, 2.75) is 18.7 Å². The third-order valence-corrected chi connectivity index (χ3v) is 4.86. The second-order valence-corrected chi connectivity index (χ2v) is 7.24. The SMILES string of the molecule is CC(=NNS(=O)(=O)c1cc(Cl)ccc1Cl)c1c(O)cc(C)oc1=O. The van der Waals surface area contributed by atoms with E-state index in [-0.39, 0.29) is 37.7 Å². The highest BCUT2D eigenvalue weighted by Gasteiger charge is 2.19. The van der Waals surface area contributed by atoms with Gasteiger partial charge in [-0.2, -0.15) is 18.4 Å². The van der Waals surface area contributed by atoms with Gasteiger partial charge in [-0.25, -0.2) is 4.79 Å². The minimum Gasteiger partial charge on any atom is -0.507 e. The van der Waals surface area contributed by atoms with E-state index in [2.05, 4.69) is 5.10 Å². The van der Waals surface area contributed by atoms with Crippen LogP contribution in [-0.4, -0.2) is 19.2 Å². The van der Waals surface area contributed by atoms with Gasteiger partial charge >= 0.3 is 5.63 Å². The van der Waals surface area contributed by atoms with Gasteiger partial charge in [-0.05, 0) is 32.0 Å². The van der Waals surface area contributed by atoms with E-state index in [0.717, 1.165) is 6.07 Å². The number of nitrogens with one attached hydrogen (secondary N) is 1. The summed E-state index contributed by atoms with van der Waals surface area (Å²) < 4.78 is 29.3. The molecular formula is C14H12Cl2N2O5S. The van der Waals surface area contributed by atoms with Crippen LogP contribution >= 0.6 is 23.2 Å². The third-order valence-electron chi connectivity index (χ3n) is 2.93. The van der Waals surface area contributed by atoms with E-state index in [1.165, 1.54) is 32.0 Å². The summed E-state index contributed by atoms with van der Waals surface area (Å²) in [4.78, 5) is 13.4. The van der Waals surface area contributed by atoms with Crippen molar-refractivity contribution in [3.8, 4) is 5.75 Å². The lowest BCUT2D eigenvalue weighted by molar-refractivity contribution is 0.432. The Labute approximate surface area is 147 Å². The fourth-order valence-corrected chi connectivity index (χ4v) is 3.47. The number of nitrogens with zero attached hydrogens (tertiary/aromatic N) is 1. The van der Waals surface area contributed by atoms with Crippen molar-refractivity contribution in [1.82, 2.24) is 4.83 Å². The molecule has 0 fully saturated rings. The summed E-state index contributed by atoms with van der Waals surface area (Å²) in [7, 11) is -4.12. The molecule has 0 aliphatic rings. The zero-order valence-corrected chi connectivity index (χ0v) is 14.8. The zero-order chi connectivity index (χ0) is 18.1. The minimum absolute atomic E-state index is 0.0440. The molecular weight excluding hydrogens is 379 g/mol. The maximum Gasteiger partial charge on any atom is 0.348 e. The van der Waals surface area contributed by atoms with Gasteiger partial charge in [-0.3, -0.25) is 0 Å². The first-order valence-electron chi connectivity index (χ1n) is 6.47. The Kier molecular flexibility index (Phi) is 5.22. The molecule has 1 aromatic carbocycles. The Morgan fingerprint density at radius 1 is 1.29 bits per heavy atom. The van der Waals surface area contributed by atoms with Gasteiger partial charge in [-0.1, -0.05) is 23.2 Å². The Bertz CT molecular complexity index is 983. The Balaban J connectivity index is 2.40. The number of rotatable bonds is 4. The number of hydrogen-bond acceptors (Lipinski definition) is 6. The van der Waals surface area contributed by atoms with Crippen molar-refractivity contribution in [1.29, 1.82) is 0 Å². The van der Waals surface area contributed by atoms with Gasteiger partial charge in [0.05, 0.1) is 10.7 Å². The summed E-state index contributed by atoms with van der Waals surface area (Å²) in [5.41, 5.74) is -1.17. The van der Waals surface area contributed by atoms with Crippen LogP contribution in [0.3, 0.4) is 0 Å².